The van der Waals surface area contributed by atoms with Crippen LogP contribution in [0.5, 0.6) is 0 Å². The van der Waals surface area contributed by atoms with Gasteiger partial charge < -0.3 is 0 Å². The summed E-state index contributed by atoms with van der Waals surface area (Å²) < 4.78 is 88.5. The summed E-state index contributed by atoms with van der Waals surface area (Å²) >= 11 is 0. The molecule has 2 aliphatic heterocycles. The standard InChI is InChI=1S/C35H20F6N2O4/c36-34(37,38)33(35(39,40)41,25-9-1-21(2-10-25)23-5-13-27(14-6-23)42-29(44)17-18-30(42)45)26-11-3-22(4-12-26)24-7-15-28(16-8-24)43-31(46)19-20-32(43)47/h1-20H. The van der Waals surface area contributed by atoms with E-state index in [2.05, 4.69) is 0 Å². The number of amides is 4. The molecule has 0 saturated heterocycles. The van der Waals surface area contributed by atoms with Crippen molar-refractivity contribution in [1.29, 1.82) is 0 Å². The Morgan fingerprint density at radius 2 is 0.596 bits per heavy atom. The Bertz CT molecular complexity index is 1780. The van der Waals surface area contributed by atoms with Crippen LogP contribution in [0, 0.1) is 0 Å². The summed E-state index contributed by atoms with van der Waals surface area (Å²) in [6, 6.07) is 19.5. The first kappa shape index (κ1) is 31.2. The molecule has 6 rings (SSSR count). The maximum absolute atomic E-state index is 14.8. The van der Waals surface area contributed by atoms with Gasteiger partial charge in [-0.1, -0.05) is 72.8 Å². The van der Waals surface area contributed by atoms with Gasteiger partial charge in [0.1, 0.15) is 0 Å². The molecule has 236 valence electrons. The van der Waals surface area contributed by atoms with Crippen molar-refractivity contribution in [2.75, 3.05) is 9.80 Å². The Morgan fingerprint density at radius 1 is 0.362 bits per heavy atom. The maximum Gasteiger partial charge on any atom is 0.411 e. The fraction of sp³-hybridized carbons (Fsp3) is 0.0857. The van der Waals surface area contributed by atoms with E-state index in [9.17, 15) is 45.5 Å². The van der Waals surface area contributed by atoms with Crippen molar-refractivity contribution in [1.82, 2.24) is 0 Å². The number of nitrogens with zero attached hydrogens (tertiary/aromatic N) is 2. The first-order chi connectivity index (χ1) is 22.2. The summed E-state index contributed by atoms with van der Waals surface area (Å²) in [6.45, 7) is 0. The molecule has 4 aromatic rings. The van der Waals surface area contributed by atoms with Crippen LogP contribution in [-0.2, 0) is 24.6 Å². The van der Waals surface area contributed by atoms with E-state index in [4.69, 9.17) is 0 Å². The molecule has 0 aromatic heterocycles. The predicted octanol–water partition coefficient (Wildman–Crippen LogP) is 7.29. The van der Waals surface area contributed by atoms with Crippen LogP contribution in [0.3, 0.4) is 0 Å². The number of imide groups is 2. The summed E-state index contributed by atoms with van der Waals surface area (Å²) in [5.41, 5.74) is -4.45. The highest BCUT2D eigenvalue weighted by atomic mass is 19.4. The molecule has 0 spiro atoms. The molecule has 0 unspecified atom stereocenters. The van der Waals surface area contributed by atoms with Crippen LogP contribution >= 0.6 is 0 Å². The van der Waals surface area contributed by atoms with Crippen molar-refractivity contribution in [2.24, 2.45) is 0 Å². The van der Waals surface area contributed by atoms with Crippen LogP contribution in [0.25, 0.3) is 22.3 Å². The number of halogens is 6. The van der Waals surface area contributed by atoms with Crippen LogP contribution in [0.15, 0.2) is 121 Å². The average molecular weight is 647 g/mol. The van der Waals surface area contributed by atoms with Gasteiger partial charge in [-0.15, -0.1) is 0 Å². The second-order valence-corrected chi connectivity index (χ2v) is 10.7. The first-order valence-electron chi connectivity index (χ1n) is 13.9. The molecule has 6 nitrogen and oxygen atoms in total. The van der Waals surface area contributed by atoms with E-state index in [-0.39, 0.29) is 11.4 Å². The highest BCUT2D eigenvalue weighted by Gasteiger charge is 2.72. The summed E-state index contributed by atoms with van der Waals surface area (Å²) in [5, 5.41) is 0. The minimum atomic E-state index is -5.79. The number of anilines is 2. The molecular formula is C35H20F6N2O4. The minimum Gasteiger partial charge on any atom is -0.269 e. The zero-order chi connectivity index (χ0) is 33.7. The third kappa shape index (κ3) is 5.21. The van der Waals surface area contributed by atoms with Crippen molar-refractivity contribution in [3.63, 3.8) is 0 Å². The van der Waals surface area contributed by atoms with Gasteiger partial charge in [-0.05, 0) is 57.6 Å². The van der Waals surface area contributed by atoms with E-state index in [1.165, 1.54) is 48.5 Å². The number of rotatable bonds is 6. The van der Waals surface area contributed by atoms with Crippen LogP contribution in [-0.4, -0.2) is 36.0 Å². The normalized spacial score (nSPS) is 15.4. The van der Waals surface area contributed by atoms with Gasteiger partial charge in [-0.25, -0.2) is 9.80 Å². The molecule has 4 aromatic carbocycles. The van der Waals surface area contributed by atoms with Gasteiger partial charge in [0, 0.05) is 24.3 Å². The lowest BCUT2D eigenvalue weighted by molar-refractivity contribution is -0.288. The quantitative estimate of drug-likeness (QED) is 0.163. The molecule has 12 heteroatoms. The summed E-state index contributed by atoms with van der Waals surface area (Å²) in [7, 11) is 0. The fourth-order valence-corrected chi connectivity index (χ4v) is 5.72. The molecule has 0 N–H and O–H groups in total. The highest BCUT2D eigenvalue weighted by molar-refractivity contribution is 6.28. The number of carbonyl (C=O) groups is 4. The third-order valence-electron chi connectivity index (χ3n) is 8.02. The van der Waals surface area contributed by atoms with Crippen molar-refractivity contribution >= 4 is 35.0 Å². The van der Waals surface area contributed by atoms with E-state index >= 15 is 0 Å². The SMILES string of the molecule is O=C1C=CC(=O)N1c1ccc(-c2ccc(C(c3ccc(-c4ccc(N5C(=O)C=CC5=O)cc4)cc3)(C(F)(F)F)C(F)(F)F)cc2)cc1. The molecule has 0 atom stereocenters. The average Bonchev–Trinajstić information content (AvgIpc) is 3.55. The monoisotopic (exact) mass is 646 g/mol. The van der Waals surface area contributed by atoms with Crippen molar-refractivity contribution in [2.45, 2.75) is 17.8 Å². The number of hydrogen-bond donors (Lipinski definition) is 0. The van der Waals surface area contributed by atoms with Gasteiger partial charge in [0.2, 0.25) is 5.41 Å². The largest absolute Gasteiger partial charge is 0.411 e. The van der Waals surface area contributed by atoms with Crippen molar-refractivity contribution in [3.05, 3.63) is 132 Å². The Hall–Kier alpha value is -5.78. The topological polar surface area (TPSA) is 74.8 Å². The van der Waals surface area contributed by atoms with Crippen LogP contribution in [0.4, 0.5) is 37.7 Å². The maximum atomic E-state index is 14.8. The van der Waals surface area contributed by atoms with Crippen LogP contribution in [0.1, 0.15) is 11.1 Å². The molecule has 0 fully saturated rings. The predicted molar refractivity (Wildman–Crippen MR) is 160 cm³/mol. The van der Waals surface area contributed by atoms with E-state index in [0.29, 0.717) is 22.3 Å². The van der Waals surface area contributed by atoms with Gasteiger partial charge in [0.25, 0.3) is 23.6 Å². The van der Waals surface area contributed by atoms with E-state index in [0.717, 1.165) is 82.6 Å². The summed E-state index contributed by atoms with van der Waals surface area (Å²) in [6.07, 6.45) is -7.15. The number of carbonyl (C=O) groups excluding carboxylic acids is 4. The molecule has 47 heavy (non-hydrogen) atoms. The van der Waals surface area contributed by atoms with Crippen molar-refractivity contribution in [3.8, 4) is 22.3 Å². The first-order valence-corrected chi connectivity index (χ1v) is 13.9. The van der Waals surface area contributed by atoms with Gasteiger partial charge in [0.15, 0.2) is 0 Å². The zero-order valence-corrected chi connectivity index (χ0v) is 23.8. The van der Waals surface area contributed by atoms with Gasteiger partial charge >= 0.3 is 12.4 Å². The third-order valence-corrected chi connectivity index (χ3v) is 8.02. The Kier molecular flexibility index (Phi) is 7.46. The van der Waals surface area contributed by atoms with Crippen LogP contribution in [0.2, 0.25) is 0 Å². The molecule has 4 amide bonds. The second-order valence-electron chi connectivity index (χ2n) is 10.7. The van der Waals surface area contributed by atoms with Crippen molar-refractivity contribution < 1.29 is 45.5 Å². The molecule has 0 aliphatic carbocycles. The lowest BCUT2D eigenvalue weighted by Crippen LogP contribution is -2.54. The zero-order valence-electron chi connectivity index (χ0n) is 23.8. The second kappa shape index (κ2) is 11.2. The molecule has 0 saturated carbocycles. The molecule has 0 radical (unpaired) electrons. The Balaban J connectivity index is 1.32. The summed E-state index contributed by atoms with van der Waals surface area (Å²) in [5.74, 6) is -2.17. The Labute approximate surface area is 262 Å². The lowest BCUT2D eigenvalue weighted by atomic mass is 9.72. The number of alkyl halides is 6. The fourth-order valence-electron chi connectivity index (χ4n) is 5.72. The van der Waals surface area contributed by atoms with E-state index < -0.39 is 52.5 Å². The number of hydrogen-bond acceptors (Lipinski definition) is 4. The van der Waals surface area contributed by atoms with Gasteiger partial charge in [-0.3, -0.25) is 19.2 Å². The lowest BCUT2D eigenvalue weighted by Gasteiger charge is -2.38. The summed E-state index contributed by atoms with van der Waals surface area (Å²) in [4.78, 5) is 49.6. The molecule has 0 bridgehead atoms. The Morgan fingerprint density at radius 3 is 0.830 bits per heavy atom. The molecule has 2 heterocycles. The van der Waals surface area contributed by atoms with Gasteiger partial charge in [0.05, 0.1) is 11.4 Å². The molecule has 2 aliphatic rings. The number of benzene rings is 4. The minimum absolute atomic E-state index is 0.256. The molecular weight excluding hydrogens is 626 g/mol. The van der Waals surface area contributed by atoms with E-state index in [1.807, 2.05) is 0 Å². The van der Waals surface area contributed by atoms with Gasteiger partial charge in [-0.2, -0.15) is 26.3 Å². The van der Waals surface area contributed by atoms with Crippen LogP contribution < -0.4 is 9.80 Å². The van der Waals surface area contributed by atoms with E-state index in [1.54, 1.807) is 0 Å². The highest BCUT2D eigenvalue weighted by Crippen LogP contribution is 2.56. The smallest absolute Gasteiger partial charge is 0.269 e.